The molecule has 0 bridgehead atoms. The molecule has 0 aliphatic carbocycles. The summed E-state index contributed by atoms with van der Waals surface area (Å²) in [7, 11) is 0. The van der Waals surface area contributed by atoms with Crippen LogP contribution in [0, 0.1) is 10.1 Å². The molecule has 0 saturated carbocycles. The van der Waals surface area contributed by atoms with Crippen LogP contribution in [0.15, 0.2) is 84.0 Å². The number of nitrogens with one attached hydrogen (secondary N) is 1. The number of non-ortho nitro benzene ring substituents is 1. The van der Waals surface area contributed by atoms with Crippen molar-refractivity contribution in [2.45, 2.75) is 6.54 Å². The molecule has 0 aliphatic heterocycles. The van der Waals surface area contributed by atoms with Gasteiger partial charge in [-0.05, 0) is 41.1 Å². The number of hydrogen-bond acceptors (Lipinski definition) is 9. The number of nitro groups is 1. The van der Waals surface area contributed by atoms with E-state index in [1.54, 1.807) is 12.1 Å². The molecule has 174 valence electrons. The molecule has 1 aromatic heterocycles. The molecular weight excluding hydrogens is 454 g/mol. The van der Waals surface area contributed by atoms with Crippen LogP contribution in [0.3, 0.4) is 0 Å². The second kappa shape index (κ2) is 10.6. The summed E-state index contributed by atoms with van der Waals surface area (Å²) in [5, 5.41) is 26.7. The fourth-order valence-corrected chi connectivity index (χ4v) is 2.89. The number of rotatable bonds is 8. The lowest BCUT2D eigenvalue weighted by Gasteiger charge is -2.04. The van der Waals surface area contributed by atoms with E-state index < -0.39 is 16.8 Å². The van der Waals surface area contributed by atoms with Crippen molar-refractivity contribution in [3.8, 4) is 17.1 Å². The van der Waals surface area contributed by atoms with Gasteiger partial charge in [0.2, 0.25) is 5.82 Å². The largest absolute Gasteiger partial charge is 0.423 e. The van der Waals surface area contributed by atoms with Crippen LogP contribution in [-0.2, 0) is 11.3 Å². The summed E-state index contributed by atoms with van der Waals surface area (Å²) in [4.78, 5) is 35.7. The third kappa shape index (κ3) is 6.16. The number of tetrazole rings is 1. The number of carbonyl (C=O) groups is 2. The predicted molar refractivity (Wildman–Crippen MR) is 123 cm³/mol. The van der Waals surface area contributed by atoms with Crippen molar-refractivity contribution in [2.75, 3.05) is 0 Å². The highest BCUT2D eigenvalue weighted by Crippen LogP contribution is 2.17. The Morgan fingerprint density at radius 2 is 1.83 bits per heavy atom. The molecule has 0 atom stereocenters. The fourth-order valence-electron chi connectivity index (χ4n) is 2.89. The van der Waals surface area contributed by atoms with Gasteiger partial charge in [-0.25, -0.2) is 10.2 Å². The van der Waals surface area contributed by atoms with Gasteiger partial charge in [-0.2, -0.15) is 9.90 Å². The number of esters is 1. The SMILES string of the molecule is O=C(Cn1nnc(-c2ccccc2)n1)NN=Cc1ccc(OC(=O)c2cccc([N+](=O)[O-])c2)cc1. The molecule has 0 unspecified atom stereocenters. The maximum Gasteiger partial charge on any atom is 0.343 e. The van der Waals surface area contributed by atoms with Crippen LogP contribution in [0.4, 0.5) is 5.69 Å². The molecule has 0 saturated heterocycles. The minimum Gasteiger partial charge on any atom is -0.423 e. The first kappa shape index (κ1) is 22.9. The van der Waals surface area contributed by atoms with E-state index in [-0.39, 0.29) is 23.5 Å². The Balaban J connectivity index is 1.28. The van der Waals surface area contributed by atoms with Gasteiger partial charge in [0.25, 0.3) is 11.6 Å². The van der Waals surface area contributed by atoms with Gasteiger partial charge in [0.1, 0.15) is 12.3 Å². The Kier molecular flexibility index (Phi) is 6.92. The monoisotopic (exact) mass is 471 g/mol. The normalized spacial score (nSPS) is 10.7. The Morgan fingerprint density at radius 3 is 2.57 bits per heavy atom. The number of nitro benzene ring substituents is 1. The Labute approximate surface area is 198 Å². The first-order chi connectivity index (χ1) is 17.0. The Morgan fingerprint density at radius 1 is 1.06 bits per heavy atom. The standard InChI is InChI=1S/C23H17N7O5/c31-21(15-29-27-22(26-28-29)17-5-2-1-3-6-17)25-24-14-16-9-11-20(12-10-16)35-23(32)18-7-4-8-19(13-18)30(33)34/h1-14H,15H2,(H,25,31). The Hall–Kier alpha value is -5.26. The van der Waals surface area contributed by atoms with Crippen molar-refractivity contribution >= 4 is 23.8 Å². The van der Waals surface area contributed by atoms with Crippen LogP contribution >= 0.6 is 0 Å². The zero-order valence-electron chi connectivity index (χ0n) is 18.0. The average Bonchev–Trinajstić information content (AvgIpc) is 3.34. The van der Waals surface area contributed by atoms with Gasteiger partial charge in [-0.3, -0.25) is 14.9 Å². The summed E-state index contributed by atoms with van der Waals surface area (Å²) in [6.45, 7) is -0.163. The van der Waals surface area contributed by atoms with E-state index in [0.717, 1.165) is 16.4 Å². The summed E-state index contributed by atoms with van der Waals surface area (Å²) in [6.07, 6.45) is 1.41. The lowest BCUT2D eigenvalue weighted by Crippen LogP contribution is -2.24. The highest BCUT2D eigenvalue weighted by atomic mass is 16.6. The second-order valence-corrected chi connectivity index (χ2v) is 7.07. The number of aromatic nitrogens is 4. The molecule has 0 fully saturated rings. The minimum atomic E-state index is -0.723. The number of amides is 1. The first-order valence-corrected chi connectivity index (χ1v) is 10.2. The molecule has 1 N–H and O–H groups in total. The number of nitrogens with zero attached hydrogens (tertiary/aromatic N) is 6. The molecule has 4 aromatic rings. The van der Waals surface area contributed by atoms with Gasteiger partial charge in [0.05, 0.1) is 16.7 Å². The molecule has 0 aliphatic rings. The summed E-state index contributed by atoms with van der Waals surface area (Å²) < 4.78 is 5.23. The van der Waals surface area contributed by atoms with Crippen molar-refractivity contribution < 1.29 is 19.2 Å². The molecule has 4 rings (SSSR count). The van der Waals surface area contributed by atoms with Crippen LogP contribution in [0.5, 0.6) is 5.75 Å². The number of carbonyl (C=O) groups excluding carboxylic acids is 2. The van der Waals surface area contributed by atoms with Crippen LogP contribution in [0.1, 0.15) is 15.9 Å². The summed E-state index contributed by atoms with van der Waals surface area (Å²) in [5.74, 6) is -0.511. The molecule has 12 nitrogen and oxygen atoms in total. The minimum absolute atomic E-state index is 0.0605. The van der Waals surface area contributed by atoms with Crippen LogP contribution in [0.25, 0.3) is 11.4 Å². The van der Waals surface area contributed by atoms with Crippen molar-refractivity contribution in [2.24, 2.45) is 5.10 Å². The van der Waals surface area contributed by atoms with Gasteiger partial charge >= 0.3 is 5.97 Å². The van der Waals surface area contributed by atoms with Crippen molar-refractivity contribution in [1.29, 1.82) is 0 Å². The number of hydrogen-bond donors (Lipinski definition) is 1. The van der Waals surface area contributed by atoms with E-state index in [9.17, 15) is 19.7 Å². The van der Waals surface area contributed by atoms with E-state index in [1.807, 2.05) is 30.3 Å². The second-order valence-electron chi connectivity index (χ2n) is 7.07. The predicted octanol–water partition coefficient (Wildman–Crippen LogP) is 2.62. The lowest BCUT2D eigenvalue weighted by atomic mass is 10.2. The van der Waals surface area contributed by atoms with Gasteiger partial charge in [-0.15, -0.1) is 10.2 Å². The molecule has 12 heteroatoms. The number of hydrazone groups is 1. The van der Waals surface area contributed by atoms with Crippen molar-refractivity contribution in [3.05, 3.63) is 100 Å². The first-order valence-electron chi connectivity index (χ1n) is 10.2. The van der Waals surface area contributed by atoms with E-state index >= 15 is 0 Å². The van der Waals surface area contributed by atoms with Crippen LogP contribution in [0.2, 0.25) is 0 Å². The highest BCUT2D eigenvalue weighted by molar-refractivity contribution is 5.92. The lowest BCUT2D eigenvalue weighted by molar-refractivity contribution is -0.384. The molecule has 1 amide bonds. The van der Waals surface area contributed by atoms with Gasteiger partial charge in [-0.1, -0.05) is 36.4 Å². The molecular formula is C23H17N7O5. The zero-order valence-corrected chi connectivity index (χ0v) is 18.0. The Bertz CT molecular complexity index is 1380. The number of benzene rings is 3. The molecule has 3 aromatic carbocycles. The highest BCUT2D eigenvalue weighted by Gasteiger charge is 2.13. The zero-order chi connectivity index (χ0) is 24.6. The topological polar surface area (TPSA) is 155 Å². The summed E-state index contributed by atoms with van der Waals surface area (Å²) in [5.41, 5.74) is 3.65. The smallest absolute Gasteiger partial charge is 0.343 e. The van der Waals surface area contributed by atoms with Crippen molar-refractivity contribution in [3.63, 3.8) is 0 Å². The molecule has 0 radical (unpaired) electrons. The summed E-state index contributed by atoms with van der Waals surface area (Å²) >= 11 is 0. The maximum atomic E-state index is 12.2. The average molecular weight is 471 g/mol. The van der Waals surface area contributed by atoms with E-state index in [4.69, 9.17) is 4.74 Å². The quantitative estimate of drug-likeness (QED) is 0.135. The van der Waals surface area contributed by atoms with Crippen molar-refractivity contribution in [1.82, 2.24) is 25.6 Å². The van der Waals surface area contributed by atoms with E-state index in [1.165, 1.54) is 36.5 Å². The van der Waals surface area contributed by atoms with Gasteiger partial charge < -0.3 is 4.74 Å². The number of ether oxygens (including phenoxy) is 1. The van der Waals surface area contributed by atoms with Crippen LogP contribution in [-0.4, -0.2) is 43.2 Å². The van der Waals surface area contributed by atoms with E-state index in [0.29, 0.717) is 11.4 Å². The fraction of sp³-hybridized carbons (Fsp3) is 0.0435. The molecule has 1 heterocycles. The third-order valence-electron chi connectivity index (χ3n) is 4.56. The third-order valence-corrected chi connectivity index (χ3v) is 4.56. The maximum absolute atomic E-state index is 12.2. The summed E-state index contributed by atoms with van der Waals surface area (Å²) in [6, 6.07) is 20.8. The van der Waals surface area contributed by atoms with Gasteiger partial charge in [0, 0.05) is 17.7 Å². The molecule has 35 heavy (non-hydrogen) atoms. The van der Waals surface area contributed by atoms with Crippen LogP contribution < -0.4 is 10.2 Å². The molecule has 0 spiro atoms. The van der Waals surface area contributed by atoms with E-state index in [2.05, 4.69) is 25.9 Å². The van der Waals surface area contributed by atoms with Gasteiger partial charge in [0.15, 0.2) is 0 Å².